The van der Waals surface area contributed by atoms with E-state index in [4.69, 9.17) is 10.5 Å². The zero-order chi connectivity index (χ0) is 38.2. The number of aliphatic hydroxyl groups is 5. The molecule has 0 spiro atoms. The van der Waals surface area contributed by atoms with Gasteiger partial charge in [0.25, 0.3) is 0 Å². The molecule has 0 radical (unpaired) electrons. The highest BCUT2D eigenvalue weighted by atomic mass is 16.5. The minimum atomic E-state index is -1.49. The van der Waals surface area contributed by atoms with Crippen molar-refractivity contribution in [2.75, 3.05) is 6.54 Å². The predicted molar refractivity (Wildman–Crippen MR) is 208 cm³/mol. The van der Waals surface area contributed by atoms with Gasteiger partial charge in [-0.2, -0.15) is 0 Å². The summed E-state index contributed by atoms with van der Waals surface area (Å²) >= 11 is 0. The van der Waals surface area contributed by atoms with E-state index < -0.39 is 46.4 Å². The van der Waals surface area contributed by atoms with Crippen molar-refractivity contribution in [2.24, 2.45) is 63.9 Å². The lowest BCUT2D eigenvalue weighted by molar-refractivity contribution is -0.216. The molecule has 0 aromatic heterocycles. The molecule has 8 rings (SSSR count). The molecule has 2 aliphatic heterocycles. The number of hydrogen-bond acceptors (Lipinski definition) is 9. The summed E-state index contributed by atoms with van der Waals surface area (Å²) in [6, 6.07) is 0. The van der Waals surface area contributed by atoms with Gasteiger partial charge in [-0.3, -0.25) is 4.79 Å². The molecule has 9 heteroatoms. The normalized spacial score (nSPS) is 49.9. The van der Waals surface area contributed by atoms with Crippen LogP contribution >= 0.6 is 0 Å². The average Bonchev–Trinajstić information content (AvgIpc) is 3.84. The summed E-state index contributed by atoms with van der Waals surface area (Å²) in [6.45, 7) is 7.16. The number of piperidine rings is 1. The number of hydrogen-bond donors (Lipinski definition) is 7. The van der Waals surface area contributed by atoms with Gasteiger partial charge in [0, 0.05) is 11.3 Å². The maximum atomic E-state index is 14.5. The van der Waals surface area contributed by atoms with E-state index in [1.54, 1.807) is 6.08 Å². The average molecular weight is 755 g/mol. The topological polar surface area (TPSA) is 166 Å². The summed E-state index contributed by atoms with van der Waals surface area (Å²) < 4.78 is 6.80. The quantitative estimate of drug-likeness (QED) is 0.160. The number of fused-ring (bicyclic) bond motifs is 6. The predicted octanol–water partition coefficient (Wildman–Crippen LogP) is 5.53. The van der Waals surface area contributed by atoms with Crippen molar-refractivity contribution in [1.29, 1.82) is 0 Å². The van der Waals surface area contributed by atoms with Crippen LogP contribution in [0.25, 0.3) is 0 Å². The van der Waals surface area contributed by atoms with Crippen LogP contribution in [-0.4, -0.2) is 85.7 Å². The Kier molecular flexibility index (Phi) is 11.1. The first kappa shape index (κ1) is 39.9. The lowest BCUT2D eigenvalue weighted by atomic mass is 9.42. The molecular formula is C45H74N2O7. The number of ketones is 1. The van der Waals surface area contributed by atoms with Crippen molar-refractivity contribution in [1.82, 2.24) is 5.32 Å². The van der Waals surface area contributed by atoms with Crippen LogP contribution in [0.15, 0.2) is 11.6 Å². The maximum absolute atomic E-state index is 14.5. The molecule has 0 amide bonds. The third-order valence-electron chi connectivity index (χ3n) is 18.2. The smallest absolute Gasteiger partial charge is 0.159 e. The van der Waals surface area contributed by atoms with Crippen LogP contribution in [0.3, 0.4) is 0 Å². The van der Waals surface area contributed by atoms with Crippen molar-refractivity contribution < 1.29 is 35.1 Å². The minimum Gasteiger partial charge on any atom is -0.390 e. The highest BCUT2D eigenvalue weighted by Crippen LogP contribution is 2.73. The van der Waals surface area contributed by atoms with Gasteiger partial charge in [-0.15, -0.1) is 0 Å². The first-order valence-corrected chi connectivity index (χ1v) is 22.7. The number of nitrogens with one attached hydrogen (secondary N) is 1. The third kappa shape index (κ3) is 6.26. The molecule has 6 aliphatic carbocycles. The van der Waals surface area contributed by atoms with Gasteiger partial charge in [0.05, 0.1) is 41.8 Å². The van der Waals surface area contributed by atoms with Crippen LogP contribution in [0, 0.1) is 58.2 Å². The van der Waals surface area contributed by atoms with E-state index in [0.717, 1.165) is 95.1 Å². The van der Waals surface area contributed by atoms with Gasteiger partial charge < -0.3 is 41.3 Å². The van der Waals surface area contributed by atoms with E-state index in [9.17, 15) is 30.3 Å². The molecule has 0 bridgehead atoms. The Morgan fingerprint density at radius 3 is 2.43 bits per heavy atom. The summed E-state index contributed by atoms with van der Waals surface area (Å²) in [6.07, 6.45) is 16.4. The van der Waals surface area contributed by atoms with Crippen molar-refractivity contribution >= 4 is 5.78 Å². The van der Waals surface area contributed by atoms with E-state index in [1.165, 1.54) is 25.7 Å². The Bertz CT molecular complexity index is 1390. The highest BCUT2D eigenvalue weighted by Gasteiger charge is 2.73. The molecule has 7 fully saturated rings. The van der Waals surface area contributed by atoms with Gasteiger partial charge in [0.2, 0.25) is 0 Å². The van der Waals surface area contributed by atoms with Gasteiger partial charge in [-0.05, 0) is 168 Å². The fourth-order valence-corrected chi connectivity index (χ4v) is 15.4. The van der Waals surface area contributed by atoms with Crippen LogP contribution in [0.5, 0.6) is 0 Å². The van der Waals surface area contributed by atoms with Crippen LogP contribution in [0.2, 0.25) is 0 Å². The molecule has 2 heterocycles. The molecule has 8 aliphatic rings. The van der Waals surface area contributed by atoms with E-state index in [0.29, 0.717) is 31.1 Å². The van der Waals surface area contributed by atoms with Gasteiger partial charge in [0.1, 0.15) is 6.10 Å². The number of carbonyl (C=O) groups is 1. The number of allylic oxidation sites excluding steroid dienone is 1. The monoisotopic (exact) mass is 755 g/mol. The molecule has 17 atom stereocenters. The zero-order valence-electron chi connectivity index (χ0n) is 33.6. The number of nitrogens with two attached hydrogens (primary N) is 1. The molecular weight excluding hydrogens is 681 g/mol. The number of carbonyl (C=O) groups excluding carboxylic acids is 1. The number of ether oxygens (including phenoxy) is 1. The molecule has 54 heavy (non-hydrogen) atoms. The van der Waals surface area contributed by atoms with Crippen LogP contribution < -0.4 is 11.1 Å². The van der Waals surface area contributed by atoms with Crippen molar-refractivity contribution in [3.05, 3.63) is 11.6 Å². The minimum absolute atomic E-state index is 0.0161. The Morgan fingerprint density at radius 1 is 0.963 bits per heavy atom. The molecule has 9 nitrogen and oxygen atoms in total. The molecule has 5 saturated carbocycles. The first-order valence-electron chi connectivity index (χ1n) is 22.7. The van der Waals surface area contributed by atoms with Crippen LogP contribution in [0.4, 0.5) is 0 Å². The summed E-state index contributed by atoms with van der Waals surface area (Å²) in [4.78, 5) is 14.5. The second-order valence-corrected chi connectivity index (χ2v) is 20.6. The van der Waals surface area contributed by atoms with Crippen LogP contribution in [0.1, 0.15) is 149 Å². The van der Waals surface area contributed by atoms with Gasteiger partial charge >= 0.3 is 0 Å². The summed E-state index contributed by atoms with van der Waals surface area (Å²) in [5.74, 6) is 1.02. The molecule has 306 valence electrons. The molecule has 2 unspecified atom stereocenters. The fourth-order valence-electron chi connectivity index (χ4n) is 15.4. The highest BCUT2D eigenvalue weighted by molar-refractivity contribution is 5.95. The molecule has 8 N–H and O–H groups in total. The maximum Gasteiger partial charge on any atom is 0.159 e. The molecule has 0 aromatic rings. The van der Waals surface area contributed by atoms with Gasteiger partial charge in [-0.25, -0.2) is 0 Å². The van der Waals surface area contributed by atoms with Crippen molar-refractivity contribution in [2.45, 2.75) is 197 Å². The van der Waals surface area contributed by atoms with Gasteiger partial charge in [0.15, 0.2) is 5.78 Å². The van der Waals surface area contributed by atoms with Crippen molar-refractivity contribution in [3.8, 4) is 0 Å². The Balaban J connectivity index is 1.11. The fraction of sp³-hybridized carbons (Fsp3) is 0.933. The summed E-state index contributed by atoms with van der Waals surface area (Å²) in [5.41, 5.74) is 2.98. The Morgan fingerprint density at radius 2 is 1.70 bits per heavy atom. The van der Waals surface area contributed by atoms with E-state index >= 15 is 0 Å². The van der Waals surface area contributed by atoms with Crippen molar-refractivity contribution in [3.63, 3.8) is 0 Å². The van der Waals surface area contributed by atoms with Gasteiger partial charge in [-0.1, -0.05) is 46.0 Å². The standard InChI is InChI=1S/C45H74N2O7/c1-4-7-27-10-13-30-26(2)40(54-37(30)14-11-27)41(51)42(3,52)38-18-21-45(53)32-22-34(48)33-23-35(49)36(50)24-43(33,19-16-28-12-15-39(46)47-25-28)31(32)17-20-44(38,45)29-8-5-6-9-29/h22,26-31,33,35-41,47,49-53H,4-21,23-25,46H2,1-3H3/t26-,27-,28?,30+,31+,33+,35+,36-,37+,38-,39?,40+,41+,42+,43+,44-,45-/m0/s1. The summed E-state index contributed by atoms with van der Waals surface area (Å²) in [5, 5.41) is 64.7. The Hall–Kier alpha value is -0.910. The zero-order valence-corrected chi connectivity index (χ0v) is 33.6. The number of rotatable bonds is 9. The lowest BCUT2D eigenvalue weighted by Crippen LogP contribution is -2.66. The molecule has 2 saturated heterocycles. The van der Waals surface area contributed by atoms with E-state index in [2.05, 4.69) is 19.2 Å². The first-order chi connectivity index (χ1) is 25.8. The SMILES string of the molecule is CCC[C@H]1CC[C@@H]2[C@H](C)[C@H]([C@@H](O)[C@](C)(O)[C@@H]3CC[C@]4(O)C5=CC(=O)[C@H]6C[C@@H](O)[C@@H](O)C[C@]6(CCC6CCC(N)NC6)[C@@H]5CC[C@]34C3CCCC3)O[C@@H]2CC1. The second kappa shape index (κ2) is 15.0. The third-order valence-corrected chi connectivity index (χ3v) is 18.2. The largest absolute Gasteiger partial charge is 0.390 e. The van der Waals surface area contributed by atoms with E-state index in [-0.39, 0.29) is 54.1 Å². The Labute approximate surface area is 324 Å². The summed E-state index contributed by atoms with van der Waals surface area (Å²) in [7, 11) is 0. The lowest BCUT2D eigenvalue weighted by Gasteiger charge is -2.64. The second-order valence-electron chi connectivity index (χ2n) is 20.6. The van der Waals surface area contributed by atoms with Crippen LogP contribution in [-0.2, 0) is 9.53 Å². The number of aliphatic hydroxyl groups excluding tert-OH is 3. The van der Waals surface area contributed by atoms with E-state index in [1.807, 2.05) is 6.92 Å². The molecule has 0 aromatic carbocycles.